The molecule has 0 amide bonds. The molecule has 0 saturated carbocycles. The van der Waals surface area contributed by atoms with Crippen molar-refractivity contribution in [1.82, 2.24) is 0 Å². The Bertz CT molecular complexity index is 575. The first-order valence-electron chi connectivity index (χ1n) is 5.85. The van der Waals surface area contributed by atoms with Crippen LogP contribution in [0.15, 0.2) is 35.9 Å². The monoisotopic (exact) mass is 275 g/mol. The van der Waals surface area contributed by atoms with Crippen molar-refractivity contribution in [2.45, 2.75) is 12.8 Å². The minimum Gasteiger partial charge on any atom is -0.496 e. The molecule has 0 atom stereocenters. The van der Waals surface area contributed by atoms with Crippen LogP contribution in [0.25, 0.3) is 5.57 Å². The predicted molar refractivity (Wildman–Crippen MR) is 82.1 cm³/mol. The molecule has 2 aliphatic rings. The van der Waals surface area contributed by atoms with Crippen LogP contribution in [0.3, 0.4) is 0 Å². The SMILES string of the molecule is COc1cccc2c1C1=C(C=CCC1)C(=S)SN2. The van der Waals surface area contributed by atoms with Crippen LogP contribution in [-0.2, 0) is 0 Å². The number of allylic oxidation sites excluding steroid dienone is 3. The molecule has 0 aromatic heterocycles. The number of nitrogens with one attached hydrogen (secondary N) is 1. The molecule has 92 valence electrons. The summed E-state index contributed by atoms with van der Waals surface area (Å²) in [6, 6.07) is 6.07. The smallest absolute Gasteiger partial charge is 0.128 e. The maximum Gasteiger partial charge on any atom is 0.128 e. The summed E-state index contributed by atoms with van der Waals surface area (Å²) < 4.78 is 9.73. The van der Waals surface area contributed by atoms with E-state index in [0.717, 1.165) is 39.6 Å². The Labute approximate surface area is 116 Å². The van der Waals surface area contributed by atoms with E-state index in [-0.39, 0.29) is 0 Å². The Hall–Kier alpha value is -1.26. The summed E-state index contributed by atoms with van der Waals surface area (Å²) in [5, 5.41) is 0. The van der Waals surface area contributed by atoms with Gasteiger partial charge in [0.25, 0.3) is 0 Å². The minimum absolute atomic E-state index is 0.902. The lowest BCUT2D eigenvalue weighted by Gasteiger charge is -2.17. The van der Waals surface area contributed by atoms with Gasteiger partial charge in [-0.2, -0.15) is 0 Å². The third kappa shape index (κ3) is 1.85. The van der Waals surface area contributed by atoms with E-state index < -0.39 is 0 Å². The number of methoxy groups -OCH3 is 1. The maximum absolute atomic E-state index is 5.50. The highest BCUT2D eigenvalue weighted by molar-refractivity contribution is 8.24. The fourth-order valence-corrected chi connectivity index (χ4v) is 3.36. The molecule has 0 bridgehead atoms. The summed E-state index contributed by atoms with van der Waals surface area (Å²) in [4.78, 5) is 0. The Morgan fingerprint density at radius 3 is 3.11 bits per heavy atom. The largest absolute Gasteiger partial charge is 0.496 e. The third-order valence-electron chi connectivity index (χ3n) is 3.19. The molecule has 0 saturated heterocycles. The molecule has 0 unspecified atom stereocenters. The summed E-state index contributed by atoms with van der Waals surface area (Å²) in [6.07, 6.45) is 6.40. The van der Waals surface area contributed by atoms with Gasteiger partial charge in [0.1, 0.15) is 5.75 Å². The fourth-order valence-electron chi connectivity index (χ4n) is 2.37. The zero-order valence-corrected chi connectivity index (χ0v) is 11.7. The number of rotatable bonds is 1. The van der Waals surface area contributed by atoms with E-state index in [2.05, 4.69) is 22.9 Å². The summed E-state index contributed by atoms with van der Waals surface area (Å²) in [5.41, 5.74) is 4.71. The molecule has 2 nitrogen and oxygen atoms in total. The van der Waals surface area contributed by atoms with Crippen molar-refractivity contribution in [2.75, 3.05) is 11.8 Å². The molecule has 1 aromatic carbocycles. The Morgan fingerprint density at radius 1 is 1.39 bits per heavy atom. The van der Waals surface area contributed by atoms with Gasteiger partial charge in [-0.1, -0.05) is 30.4 Å². The number of hydrogen-bond acceptors (Lipinski definition) is 4. The molecule has 1 aromatic rings. The molecule has 18 heavy (non-hydrogen) atoms. The highest BCUT2D eigenvalue weighted by Gasteiger charge is 2.23. The predicted octanol–water partition coefficient (Wildman–Crippen LogP) is 4.20. The van der Waals surface area contributed by atoms with Crippen LogP contribution in [0.4, 0.5) is 5.69 Å². The Morgan fingerprint density at radius 2 is 2.28 bits per heavy atom. The zero-order valence-electron chi connectivity index (χ0n) is 10.0. The fraction of sp³-hybridized carbons (Fsp3) is 0.214. The number of anilines is 1. The number of fused-ring (bicyclic) bond motifs is 2. The van der Waals surface area contributed by atoms with Gasteiger partial charge < -0.3 is 9.46 Å². The van der Waals surface area contributed by atoms with Crippen molar-refractivity contribution >= 4 is 39.6 Å². The molecular weight excluding hydrogens is 262 g/mol. The average molecular weight is 275 g/mol. The quantitative estimate of drug-likeness (QED) is 0.612. The lowest BCUT2D eigenvalue weighted by Crippen LogP contribution is -2.00. The summed E-state index contributed by atoms with van der Waals surface area (Å²) >= 11 is 6.97. The van der Waals surface area contributed by atoms with Gasteiger partial charge in [0, 0.05) is 11.1 Å². The van der Waals surface area contributed by atoms with Crippen LogP contribution in [0.2, 0.25) is 0 Å². The van der Waals surface area contributed by atoms with Gasteiger partial charge in [-0.25, -0.2) is 0 Å². The number of ether oxygens (including phenoxy) is 1. The van der Waals surface area contributed by atoms with E-state index in [9.17, 15) is 0 Å². The Balaban J connectivity index is 2.27. The Kier molecular flexibility index (Phi) is 3.14. The summed E-state index contributed by atoms with van der Waals surface area (Å²) in [5.74, 6) is 0.910. The first kappa shape index (κ1) is 11.8. The van der Waals surface area contributed by atoms with E-state index in [0.29, 0.717) is 0 Å². The van der Waals surface area contributed by atoms with Crippen LogP contribution < -0.4 is 9.46 Å². The van der Waals surface area contributed by atoms with Crippen LogP contribution in [0.1, 0.15) is 18.4 Å². The molecule has 0 radical (unpaired) electrons. The standard InChI is InChI=1S/C14H13NOS2/c1-16-12-8-4-7-11-13(12)9-5-2-3-6-10(9)14(17)18-15-11/h3-4,6-8,15H,2,5H2,1H3. The first-order chi connectivity index (χ1) is 8.81. The van der Waals surface area contributed by atoms with Crippen LogP contribution >= 0.6 is 24.2 Å². The highest BCUT2D eigenvalue weighted by atomic mass is 32.2. The molecule has 1 aliphatic carbocycles. The van der Waals surface area contributed by atoms with Crippen LogP contribution in [0.5, 0.6) is 5.75 Å². The molecule has 1 N–H and O–H groups in total. The molecule has 1 aliphatic heterocycles. The second-order valence-corrected chi connectivity index (χ2v) is 5.69. The van der Waals surface area contributed by atoms with Gasteiger partial charge >= 0.3 is 0 Å². The normalized spacial score (nSPS) is 17.7. The van der Waals surface area contributed by atoms with Gasteiger partial charge in [0.15, 0.2) is 0 Å². The molecule has 4 heteroatoms. The molecule has 0 spiro atoms. The zero-order chi connectivity index (χ0) is 12.5. The summed E-state index contributed by atoms with van der Waals surface area (Å²) in [7, 11) is 1.71. The highest BCUT2D eigenvalue weighted by Crippen LogP contribution is 2.43. The van der Waals surface area contributed by atoms with Gasteiger partial charge in [0.05, 0.1) is 17.0 Å². The number of thiocarbonyl (C=S) groups is 1. The lowest BCUT2D eigenvalue weighted by atomic mass is 9.91. The van der Waals surface area contributed by atoms with E-state index in [1.807, 2.05) is 12.1 Å². The summed E-state index contributed by atoms with van der Waals surface area (Å²) in [6.45, 7) is 0. The van der Waals surface area contributed by atoms with Crippen molar-refractivity contribution in [3.63, 3.8) is 0 Å². The average Bonchev–Trinajstić information content (AvgIpc) is 2.57. The van der Waals surface area contributed by atoms with Crippen LogP contribution in [-0.4, -0.2) is 11.3 Å². The van der Waals surface area contributed by atoms with Gasteiger partial charge in [0.2, 0.25) is 0 Å². The number of benzene rings is 1. The van der Waals surface area contributed by atoms with E-state index in [4.69, 9.17) is 17.0 Å². The van der Waals surface area contributed by atoms with Crippen LogP contribution in [0, 0.1) is 0 Å². The first-order valence-corrected chi connectivity index (χ1v) is 7.08. The van der Waals surface area contributed by atoms with Crippen molar-refractivity contribution in [3.05, 3.63) is 41.5 Å². The van der Waals surface area contributed by atoms with Crippen molar-refractivity contribution < 1.29 is 4.74 Å². The van der Waals surface area contributed by atoms with E-state index in [1.165, 1.54) is 17.5 Å². The van der Waals surface area contributed by atoms with Crippen molar-refractivity contribution in [1.29, 1.82) is 0 Å². The molecule has 1 heterocycles. The topological polar surface area (TPSA) is 21.3 Å². The second-order valence-electron chi connectivity index (χ2n) is 4.21. The van der Waals surface area contributed by atoms with E-state index >= 15 is 0 Å². The second kappa shape index (κ2) is 4.78. The molecule has 0 fully saturated rings. The molecule has 3 rings (SSSR count). The maximum atomic E-state index is 5.50. The van der Waals surface area contributed by atoms with Crippen molar-refractivity contribution in [2.24, 2.45) is 0 Å². The minimum atomic E-state index is 0.902. The van der Waals surface area contributed by atoms with Gasteiger partial charge in [-0.3, -0.25) is 0 Å². The van der Waals surface area contributed by atoms with E-state index in [1.54, 1.807) is 7.11 Å². The van der Waals surface area contributed by atoms with Gasteiger partial charge in [-0.05, 0) is 42.5 Å². The van der Waals surface area contributed by atoms with Gasteiger partial charge in [-0.15, -0.1) is 0 Å². The number of hydrogen-bond donors (Lipinski definition) is 1. The van der Waals surface area contributed by atoms with Crippen molar-refractivity contribution in [3.8, 4) is 5.75 Å². The molecular formula is C14H13NOS2. The lowest BCUT2D eigenvalue weighted by molar-refractivity contribution is 0.413. The third-order valence-corrected chi connectivity index (χ3v) is 4.39.